The zero-order chi connectivity index (χ0) is 12.2. The van der Waals surface area contributed by atoms with Gasteiger partial charge in [-0.15, -0.1) is 9.05 Å². The van der Waals surface area contributed by atoms with Crippen LogP contribution in [0, 0.1) is 5.92 Å². The number of rotatable bonds is 11. The Hall–Kier alpha value is 0.526. The first-order chi connectivity index (χ1) is 7.74. The first-order valence-electron chi connectivity index (χ1n) is 6.47. The fourth-order valence-corrected chi connectivity index (χ4v) is 2.07. The van der Waals surface area contributed by atoms with E-state index in [0.717, 1.165) is 25.7 Å². The molecule has 0 amide bonds. The van der Waals surface area contributed by atoms with E-state index >= 15 is 0 Å². The van der Waals surface area contributed by atoms with Gasteiger partial charge in [0.25, 0.3) is 0 Å². The first-order valence-corrected chi connectivity index (χ1v) is 7.57. The van der Waals surface area contributed by atoms with Crippen molar-refractivity contribution < 1.29 is 30.4 Å². The summed E-state index contributed by atoms with van der Waals surface area (Å²) in [6.07, 6.45) is 6.66. The maximum atomic E-state index is 11.3. The van der Waals surface area contributed by atoms with Crippen LogP contribution in [0.2, 0.25) is 0 Å². The van der Waals surface area contributed by atoms with Crippen molar-refractivity contribution in [2.75, 3.05) is 13.2 Å². The monoisotopic (exact) mass is 308 g/mol. The third-order valence-electron chi connectivity index (χ3n) is 2.65. The maximum Gasteiger partial charge on any atom is 2.00 e. The van der Waals surface area contributed by atoms with Gasteiger partial charge in [-0.1, -0.05) is 46.5 Å². The minimum Gasteiger partial charge on any atom is -0.119 e. The van der Waals surface area contributed by atoms with Crippen molar-refractivity contribution in [2.24, 2.45) is 5.92 Å². The predicted molar refractivity (Wildman–Crippen MR) is 67.7 cm³/mol. The third kappa shape index (κ3) is 12.8. The summed E-state index contributed by atoms with van der Waals surface area (Å²) in [6, 6.07) is 0. The number of hydrogen-bond acceptors (Lipinski definition) is 3. The molecule has 0 spiro atoms. The first kappa shape index (κ1) is 19.9. The van der Waals surface area contributed by atoms with E-state index in [4.69, 9.17) is 9.05 Å². The summed E-state index contributed by atoms with van der Waals surface area (Å²) in [6.45, 7) is 7.51. The van der Waals surface area contributed by atoms with Gasteiger partial charge in [-0.2, -0.15) is 0 Å². The summed E-state index contributed by atoms with van der Waals surface area (Å²) >= 11 is 0. The van der Waals surface area contributed by atoms with Gasteiger partial charge in [0.2, 0.25) is 0 Å². The molecule has 2 unspecified atom stereocenters. The smallest absolute Gasteiger partial charge is 0.119 e. The van der Waals surface area contributed by atoms with Crippen LogP contribution in [0.25, 0.3) is 0 Å². The molecule has 0 N–H and O–H groups in total. The van der Waals surface area contributed by atoms with Crippen LogP contribution in [0.5, 0.6) is 0 Å². The van der Waals surface area contributed by atoms with E-state index in [0.29, 0.717) is 19.1 Å². The molecule has 103 valence electrons. The van der Waals surface area contributed by atoms with Crippen LogP contribution in [0.15, 0.2) is 0 Å². The van der Waals surface area contributed by atoms with Crippen molar-refractivity contribution in [3.05, 3.63) is 0 Å². The summed E-state index contributed by atoms with van der Waals surface area (Å²) in [7, 11) is -1.90. The topological polar surface area (TPSA) is 35.5 Å². The van der Waals surface area contributed by atoms with Crippen LogP contribution >= 0.6 is 8.25 Å². The van der Waals surface area contributed by atoms with Crippen molar-refractivity contribution in [3.63, 3.8) is 0 Å². The zero-order valence-corrected chi connectivity index (χ0v) is 13.2. The van der Waals surface area contributed by atoms with Gasteiger partial charge < -0.3 is 0 Å². The van der Waals surface area contributed by atoms with E-state index < -0.39 is 8.25 Å². The molecule has 1 radical (unpaired) electrons. The molecule has 0 aliphatic carbocycles. The molecule has 17 heavy (non-hydrogen) atoms. The fraction of sp³-hybridized carbons (Fsp3) is 1.00. The van der Waals surface area contributed by atoms with Crippen LogP contribution in [0.4, 0.5) is 0 Å². The van der Waals surface area contributed by atoms with Crippen molar-refractivity contribution in [3.8, 4) is 0 Å². The maximum absolute atomic E-state index is 11.3. The molecule has 0 heterocycles. The van der Waals surface area contributed by atoms with Crippen LogP contribution in [-0.2, 0) is 30.4 Å². The van der Waals surface area contributed by atoms with Crippen LogP contribution in [0.1, 0.15) is 59.3 Å². The number of hydrogen-bond donors (Lipinski definition) is 0. The molecule has 0 bridgehead atoms. The van der Waals surface area contributed by atoms with Gasteiger partial charge in [0.05, 0.1) is 0 Å². The Balaban J connectivity index is 0. The van der Waals surface area contributed by atoms with Gasteiger partial charge in [0, 0.05) is 4.57 Å². The van der Waals surface area contributed by atoms with Gasteiger partial charge in [0.1, 0.15) is 13.2 Å². The summed E-state index contributed by atoms with van der Waals surface area (Å²) in [5.41, 5.74) is 0. The van der Waals surface area contributed by atoms with Gasteiger partial charge in [-0.3, -0.25) is 0 Å². The van der Waals surface area contributed by atoms with Gasteiger partial charge in [-0.05, 0) is 18.8 Å². The Morgan fingerprint density at radius 3 is 2.24 bits per heavy atom. The SMILES string of the molecule is CCCCO[P+](=O)OCC(CC)CCCC.[Co+2]. The molecule has 0 aromatic rings. The van der Waals surface area contributed by atoms with Crippen molar-refractivity contribution in [2.45, 2.75) is 59.3 Å². The quantitative estimate of drug-likeness (QED) is 0.410. The van der Waals surface area contributed by atoms with E-state index in [1.54, 1.807) is 0 Å². The van der Waals surface area contributed by atoms with Crippen molar-refractivity contribution >= 4 is 8.25 Å². The summed E-state index contributed by atoms with van der Waals surface area (Å²) in [5.74, 6) is 0.522. The Morgan fingerprint density at radius 2 is 1.71 bits per heavy atom. The molecule has 0 aliphatic heterocycles. The Morgan fingerprint density at radius 1 is 1.06 bits per heavy atom. The second-order valence-corrected chi connectivity index (χ2v) is 5.09. The molecule has 0 saturated heterocycles. The molecule has 0 aliphatic rings. The third-order valence-corrected chi connectivity index (χ3v) is 3.41. The Labute approximate surface area is 117 Å². The van der Waals surface area contributed by atoms with Crippen molar-refractivity contribution in [1.29, 1.82) is 0 Å². The molecule has 0 aromatic carbocycles. The molecule has 0 fully saturated rings. The second-order valence-electron chi connectivity index (χ2n) is 4.12. The zero-order valence-electron chi connectivity index (χ0n) is 11.2. The minimum absolute atomic E-state index is 0. The second kappa shape index (κ2) is 14.6. The summed E-state index contributed by atoms with van der Waals surface area (Å²) in [4.78, 5) is 0. The van der Waals surface area contributed by atoms with Crippen LogP contribution in [-0.4, -0.2) is 13.2 Å². The Bertz CT molecular complexity index is 179. The fourth-order valence-electron chi connectivity index (χ4n) is 1.39. The average molecular weight is 308 g/mol. The molecular formula is C12H26CoO3P+3. The molecule has 3 nitrogen and oxygen atoms in total. The van der Waals surface area contributed by atoms with E-state index in [1.807, 2.05) is 0 Å². The van der Waals surface area contributed by atoms with Gasteiger partial charge in [-0.25, -0.2) is 0 Å². The summed E-state index contributed by atoms with van der Waals surface area (Å²) in [5, 5.41) is 0. The van der Waals surface area contributed by atoms with E-state index in [9.17, 15) is 4.57 Å². The standard InChI is InChI=1S/C12H26O3P.Co/c1-4-7-9-12(6-3)11-15-16(13)14-10-8-5-2;/h12H,4-11H2,1-3H3;/q+1;+2. The van der Waals surface area contributed by atoms with Crippen LogP contribution < -0.4 is 0 Å². The minimum atomic E-state index is -1.90. The predicted octanol–water partition coefficient (Wildman–Crippen LogP) is 4.69. The largest absolute Gasteiger partial charge is 2.00 e. The van der Waals surface area contributed by atoms with E-state index in [-0.39, 0.29) is 16.8 Å². The van der Waals surface area contributed by atoms with E-state index in [1.165, 1.54) is 12.8 Å². The normalized spacial score (nSPS) is 13.0. The molecule has 2 atom stereocenters. The van der Waals surface area contributed by atoms with Crippen LogP contribution in [0.3, 0.4) is 0 Å². The number of unbranched alkanes of at least 4 members (excludes halogenated alkanes) is 2. The van der Waals surface area contributed by atoms with Crippen molar-refractivity contribution in [1.82, 2.24) is 0 Å². The molecule has 5 heteroatoms. The van der Waals surface area contributed by atoms with Gasteiger partial charge in [0.15, 0.2) is 0 Å². The molecule has 0 aromatic heterocycles. The molecular weight excluding hydrogens is 282 g/mol. The average Bonchev–Trinajstić information content (AvgIpc) is 2.30. The van der Waals surface area contributed by atoms with E-state index in [2.05, 4.69) is 20.8 Å². The molecule has 0 saturated carbocycles. The Kier molecular flexibility index (Phi) is 17.0. The van der Waals surface area contributed by atoms with Gasteiger partial charge >= 0.3 is 25.0 Å². The molecule has 0 rings (SSSR count). The summed E-state index contributed by atoms with van der Waals surface area (Å²) < 4.78 is 21.6.